The van der Waals surface area contributed by atoms with Crippen LogP contribution in [0.25, 0.3) is 0 Å². The van der Waals surface area contributed by atoms with E-state index in [1.165, 1.54) is 0 Å². The Balaban J connectivity index is 2.75. The first-order valence-corrected chi connectivity index (χ1v) is 18.9. The Hall–Kier alpha value is -0.259. The van der Waals surface area contributed by atoms with Crippen molar-refractivity contribution in [3.05, 3.63) is 12.2 Å². The van der Waals surface area contributed by atoms with E-state index >= 15 is 0 Å². The van der Waals surface area contributed by atoms with E-state index in [0.29, 0.717) is 24.3 Å². The highest BCUT2D eigenvalue weighted by Crippen LogP contribution is 2.36. The predicted octanol–water partition coefficient (Wildman–Crippen LogP) is 4.41. The van der Waals surface area contributed by atoms with Crippen LogP contribution < -0.4 is 0 Å². The molecule has 152 valence electrons. The molecule has 0 aromatic carbocycles. The fraction of sp³-hybridized carbons (Fsp3) is 0.833. The van der Waals surface area contributed by atoms with E-state index in [1.807, 2.05) is 0 Å². The number of hydrogen-bond donors (Lipinski definition) is 1. The Morgan fingerprint density at radius 1 is 1.04 bits per heavy atom. The van der Waals surface area contributed by atoms with Crippen molar-refractivity contribution in [2.75, 3.05) is 0 Å². The lowest BCUT2D eigenvalue weighted by Crippen LogP contribution is -2.54. The number of carbonyl (C=O) groups excluding carboxylic acids is 1. The van der Waals surface area contributed by atoms with E-state index in [1.54, 1.807) is 6.92 Å². The molecule has 3 atom stereocenters. The number of aliphatic hydroxyl groups excluding tert-OH is 1. The monoisotopic (exact) mass is 418 g/mol. The van der Waals surface area contributed by atoms with Gasteiger partial charge in [-0.1, -0.05) is 6.58 Å². The molecule has 1 saturated carbocycles. The van der Waals surface area contributed by atoms with E-state index in [0.717, 1.165) is 12.5 Å². The third-order valence-electron chi connectivity index (χ3n) is 4.17. The normalized spacial score (nSPS) is 25.0. The van der Waals surface area contributed by atoms with Crippen molar-refractivity contribution in [2.24, 2.45) is 5.92 Å². The number of esters is 1. The van der Waals surface area contributed by atoms with Gasteiger partial charge < -0.3 is 18.1 Å². The molecule has 0 heterocycles. The molecule has 0 spiro atoms. The maximum absolute atomic E-state index is 11.7. The molecular formula is C18H38O5Si3. The summed E-state index contributed by atoms with van der Waals surface area (Å²) in [5, 5.41) is 10.5. The van der Waals surface area contributed by atoms with Gasteiger partial charge in [-0.25, -0.2) is 4.79 Å². The van der Waals surface area contributed by atoms with Gasteiger partial charge in [-0.15, -0.1) is 0 Å². The molecule has 0 amide bonds. The molecule has 1 aliphatic carbocycles. The van der Waals surface area contributed by atoms with E-state index < -0.39 is 43.4 Å². The Morgan fingerprint density at radius 3 is 1.92 bits per heavy atom. The number of aliphatic hydroxyl groups is 1. The molecule has 0 aliphatic heterocycles. The molecule has 26 heavy (non-hydrogen) atoms. The standard InChI is InChI=1S/C18H38O5Si3/c1-14(2)18(20)21-17-11-10-15(12-16(17)19)13-26(9,22-24(3,4)5)23-25(6,7)8/h15-17,19H,1,10-13H2,2-9H3. The molecule has 0 radical (unpaired) electrons. The SMILES string of the molecule is C=C(C)C(=O)OC1CCC(C[Si](C)(O[Si](C)(C)C)O[Si](C)(C)C)CC1O. The average molecular weight is 419 g/mol. The zero-order valence-corrected chi connectivity index (χ0v) is 20.8. The molecule has 1 fully saturated rings. The van der Waals surface area contributed by atoms with Crippen molar-refractivity contribution < 1.29 is 22.9 Å². The summed E-state index contributed by atoms with van der Waals surface area (Å²) in [7, 11) is -5.77. The summed E-state index contributed by atoms with van der Waals surface area (Å²) in [6, 6.07) is 0.889. The number of rotatable bonds is 8. The minimum absolute atomic E-state index is 0.342. The van der Waals surface area contributed by atoms with Crippen molar-refractivity contribution in [3.8, 4) is 0 Å². The minimum Gasteiger partial charge on any atom is -0.456 e. The molecule has 0 saturated heterocycles. The number of ether oxygens (including phenoxy) is 1. The van der Waals surface area contributed by atoms with Crippen molar-refractivity contribution in [3.63, 3.8) is 0 Å². The third kappa shape index (κ3) is 8.62. The largest absolute Gasteiger partial charge is 0.456 e. The first kappa shape index (κ1) is 23.8. The van der Waals surface area contributed by atoms with E-state index in [9.17, 15) is 9.90 Å². The topological polar surface area (TPSA) is 65.0 Å². The van der Waals surface area contributed by atoms with Crippen LogP contribution in [0.15, 0.2) is 12.2 Å². The predicted molar refractivity (Wildman–Crippen MR) is 113 cm³/mol. The lowest BCUT2D eigenvalue weighted by atomic mass is 9.86. The number of hydrogen-bond acceptors (Lipinski definition) is 5. The summed E-state index contributed by atoms with van der Waals surface area (Å²) in [5.74, 6) is -0.0787. The molecule has 8 heteroatoms. The highest BCUT2D eigenvalue weighted by atomic mass is 28.5. The highest BCUT2D eigenvalue weighted by Gasteiger charge is 2.44. The van der Waals surface area contributed by atoms with Crippen LogP contribution in [0.3, 0.4) is 0 Å². The lowest BCUT2D eigenvalue weighted by molar-refractivity contribution is -0.153. The van der Waals surface area contributed by atoms with Crippen LogP contribution >= 0.6 is 0 Å². The zero-order valence-electron chi connectivity index (χ0n) is 17.8. The van der Waals surface area contributed by atoms with Crippen LogP contribution in [0.1, 0.15) is 26.2 Å². The molecular weight excluding hydrogens is 380 g/mol. The van der Waals surface area contributed by atoms with Gasteiger partial charge in [0.2, 0.25) is 0 Å². The minimum atomic E-state index is -2.32. The molecule has 0 aromatic heterocycles. The van der Waals surface area contributed by atoms with Crippen LogP contribution in [0.2, 0.25) is 51.9 Å². The Bertz CT molecular complexity index is 494. The highest BCUT2D eigenvalue weighted by molar-refractivity contribution is 6.87. The van der Waals surface area contributed by atoms with E-state index in [-0.39, 0.29) is 0 Å². The zero-order chi connectivity index (χ0) is 20.3. The van der Waals surface area contributed by atoms with Gasteiger partial charge in [0.1, 0.15) is 6.10 Å². The van der Waals surface area contributed by atoms with Crippen molar-refractivity contribution >= 4 is 31.2 Å². The summed E-state index contributed by atoms with van der Waals surface area (Å²) in [5.41, 5.74) is 0.367. The molecule has 0 bridgehead atoms. The Labute approximate surface area is 162 Å². The van der Waals surface area contributed by atoms with E-state index in [2.05, 4.69) is 52.4 Å². The fourth-order valence-electron chi connectivity index (χ4n) is 3.69. The second kappa shape index (κ2) is 8.83. The summed E-state index contributed by atoms with van der Waals surface area (Å²) >= 11 is 0. The molecule has 1 N–H and O–H groups in total. The summed E-state index contributed by atoms with van der Waals surface area (Å²) in [6.07, 6.45) is 1.15. The molecule has 1 rings (SSSR count). The smallest absolute Gasteiger partial charge is 0.333 e. The van der Waals surface area contributed by atoms with Crippen LogP contribution in [-0.4, -0.2) is 48.5 Å². The first-order chi connectivity index (χ1) is 11.6. The van der Waals surface area contributed by atoms with Gasteiger partial charge in [-0.3, -0.25) is 0 Å². The van der Waals surface area contributed by atoms with Gasteiger partial charge in [0.05, 0.1) is 6.10 Å². The quantitative estimate of drug-likeness (QED) is 0.359. The van der Waals surface area contributed by atoms with Gasteiger partial charge in [0.25, 0.3) is 0 Å². The van der Waals surface area contributed by atoms with Gasteiger partial charge >= 0.3 is 14.5 Å². The van der Waals surface area contributed by atoms with Gasteiger partial charge in [-0.05, 0) is 84.0 Å². The molecule has 0 aromatic rings. The van der Waals surface area contributed by atoms with Crippen LogP contribution in [0.5, 0.6) is 0 Å². The van der Waals surface area contributed by atoms with Crippen LogP contribution in [0, 0.1) is 5.92 Å². The maximum atomic E-state index is 11.7. The van der Waals surface area contributed by atoms with Crippen LogP contribution in [0.4, 0.5) is 0 Å². The van der Waals surface area contributed by atoms with Gasteiger partial charge in [-0.2, -0.15) is 0 Å². The second-order valence-corrected chi connectivity index (χ2v) is 22.5. The van der Waals surface area contributed by atoms with Gasteiger partial charge in [0.15, 0.2) is 16.6 Å². The summed E-state index contributed by atoms with van der Waals surface area (Å²) < 4.78 is 18.5. The van der Waals surface area contributed by atoms with Gasteiger partial charge in [0, 0.05) is 5.57 Å². The first-order valence-electron chi connectivity index (χ1n) is 9.55. The average Bonchev–Trinajstić information content (AvgIpc) is 2.36. The van der Waals surface area contributed by atoms with Crippen molar-refractivity contribution in [2.45, 2.75) is 90.3 Å². The summed E-state index contributed by atoms with van der Waals surface area (Å²) in [6.45, 7) is 20.6. The third-order valence-corrected chi connectivity index (χ3v) is 13.8. The van der Waals surface area contributed by atoms with Crippen molar-refractivity contribution in [1.82, 2.24) is 0 Å². The fourth-order valence-corrected chi connectivity index (χ4v) is 16.7. The maximum Gasteiger partial charge on any atom is 0.333 e. The Morgan fingerprint density at radius 2 is 1.54 bits per heavy atom. The molecule has 3 unspecified atom stereocenters. The van der Waals surface area contributed by atoms with E-state index in [4.69, 9.17) is 13.0 Å². The molecule has 5 nitrogen and oxygen atoms in total. The van der Waals surface area contributed by atoms with Crippen molar-refractivity contribution in [1.29, 1.82) is 0 Å². The number of carbonyl (C=O) groups is 1. The lowest BCUT2D eigenvalue weighted by Gasteiger charge is -2.42. The van der Waals surface area contributed by atoms with Crippen LogP contribution in [-0.2, 0) is 17.8 Å². The Kier molecular flexibility index (Phi) is 8.08. The molecule has 1 aliphatic rings. The second-order valence-electron chi connectivity index (χ2n) is 9.74. The summed E-state index contributed by atoms with van der Waals surface area (Å²) in [4.78, 5) is 11.7.